The Morgan fingerprint density at radius 2 is 1.92 bits per heavy atom. The molecular weight excluding hydrogens is 337 g/mol. The van der Waals surface area contributed by atoms with Gasteiger partial charge < -0.3 is 4.90 Å². The van der Waals surface area contributed by atoms with Gasteiger partial charge in [0.25, 0.3) is 0 Å². The molecule has 7 heteroatoms. The van der Waals surface area contributed by atoms with Crippen molar-refractivity contribution in [2.45, 2.75) is 50.6 Å². The molecule has 2 atom stereocenters. The molecule has 24 heavy (non-hydrogen) atoms. The van der Waals surface area contributed by atoms with Gasteiger partial charge in [-0.1, -0.05) is 19.3 Å². The SMILES string of the molecule is O=C([C@@H]1C[C@H]1C1CCC1)N1CCC(c2nc(C(F)(F)F)cs2)CC1. The van der Waals surface area contributed by atoms with Gasteiger partial charge in [-0.05, 0) is 31.1 Å². The number of piperidine rings is 1. The summed E-state index contributed by atoms with van der Waals surface area (Å²) in [4.78, 5) is 18.3. The number of hydrogen-bond donors (Lipinski definition) is 0. The summed E-state index contributed by atoms with van der Waals surface area (Å²) in [5.74, 6) is 1.94. The molecule has 2 saturated carbocycles. The van der Waals surface area contributed by atoms with Crippen LogP contribution in [-0.4, -0.2) is 28.9 Å². The highest BCUT2D eigenvalue weighted by Crippen LogP contribution is 2.52. The van der Waals surface area contributed by atoms with Crippen LogP contribution in [-0.2, 0) is 11.0 Å². The van der Waals surface area contributed by atoms with Gasteiger partial charge in [0.1, 0.15) is 0 Å². The molecular formula is C17H21F3N2OS. The first kappa shape index (κ1) is 16.4. The molecule has 2 heterocycles. The lowest BCUT2D eigenvalue weighted by Crippen LogP contribution is -2.39. The van der Waals surface area contributed by atoms with E-state index in [2.05, 4.69) is 4.98 Å². The fourth-order valence-corrected chi connectivity index (χ4v) is 5.07. The summed E-state index contributed by atoms with van der Waals surface area (Å²) < 4.78 is 38.0. The lowest BCUT2D eigenvalue weighted by atomic mass is 9.81. The van der Waals surface area contributed by atoms with Crippen LogP contribution in [0.2, 0.25) is 0 Å². The number of rotatable bonds is 3. The van der Waals surface area contributed by atoms with Gasteiger partial charge in [-0.2, -0.15) is 13.2 Å². The first-order valence-electron chi connectivity index (χ1n) is 8.75. The van der Waals surface area contributed by atoms with Crippen LogP contribution >= 0.6 is 11.3 Å². The van der Waals surface area contributed by atoms with Crippen molar-refractivity contribution < 1.29 is 18.0 Å². The maximum Gasteiger partial charge on any atom is 0.434 e. The minimum Gasteiger partial charge on any atom is -0.342 e. The fourth-order valence-electron chi connectivity index (χ4n) is 4.07. The lowest BCUT2D eigenvalue weighted by Gasteiger charge is -2.32. The van der Waals surface area contributed by atoms with Crippen LogP contribution in [0.25, 0.3) is 0 Å². The van der Waals surface area contributed by atoms with E-state index in [0.717, 1.165) is 41.9 Å². The topological polar surface area (TPSA) is 33.2 Å². The van der Waals surface area contributed by atoms with Gasteiger partial charge in [-0.3, -0.25) is 4.79 Å². The Balaban J connectivity index is 1.30. The van der Waals surface area contributed by atoms with Gasteiger partial charge in [-0.15, -0.1) is 11.3 Å². The maximum absolute atomic E-state index is 12.7. The van der Waals surface area contributed by atoms with Gasteiger partial charge in [-0.25, -0.2) is 4.98 Å². The summed E-state index contributed by atoms with van der Waals surface area (Å²) in [6, 6.07) is 0. The molecule has 0 aromatic carbocycles. The maximum atomic E-state index is 12.7. The number of alkyl halides is 3. The molecule has 1 aromatic heterocycles. The third-order valence-electron chi connectivity index (χ3n) is 5.88. The Morgan fingerprint density at radius 3 is 2.46 bits per heavy atom. The van der Waals surface area contributed by atoms with Gasteiger partial charge >= 0.3 is 6.18 Å². The van der Waals surface area contributed by atoms with E-state index in [1.807, 2.05) is 4.90 Å². The number of carbonyl (C=O) groups is 1. The number of thiazole rings is 1. The van der Waals surface area contributed by atoms with Crippen molar-refractivity contribution in [2.24, 2.45) is 17.8 Å². The summed E-state index contributed by atoms with van der Waals surface area (Å²) in [6.45, 7) is 1.30. The van der Waals surface area contributed by atoms with Crippen molar-refractivity contribution in [3.05, 3.63) is 16.1 Å². The van der Waals surface area contributed by atoms with Crippen molar-refractivity contribution >= 4 is 17.2 Å². The number of halogens is 3. The van der Waals surface area contributed by atoms with E-state index in [1.54, 1.807) is 0 Å². The van der Waals surface area contributed by atoms with E-state index in [-0.39, 0.29) is 17.7 Å². The summed E-state index contributed by atoms with van der Waals surface area (Å²) in [7, 11) is 0. The lowest BCUT2D eigenvalue weighted by molar-refractivity contribution is -0.140. The summed E-state index contributed by atoms with van der Waals surface area (Å²) in [6.07, 6.45) is 1.99. The molecule has 0 unspecified atom stereocenters. The van der Waals surface area contributed by atoms with E-state index < -0.39 is 11.9 Å². The zero-order valence-electron chi connectivity index (χ0n) is 13.4. The number of nitrogens with zero attached hydrogens (tertiary/aromatic N) is 2. The predicted molar refractivity (Wildman–Crippen MR) is 84.6 cm³/mol. The van der Waals surface area contributed by atoms with Crippen molar-refractivity contribution in [2.75, 3.05) is 13.1 Å². The average Bonchev–Trinajstić information content (AvgIpc) is 3.08. The third kappa shape index (κ3) is 3.07. The fraction of sp³-hybridized carbons (Fsp3) is 0.765. The quantitative estimate of drug-likeness (QED) is 0.807. The van der Waals surface area contributed by atoms with Crippen molar-refractivity contribution in [3.8, 4) is 0 Å². The minimum absolute atomic E-state index is 0.0526. The van der Waals surface area contributed by atoms with Crippen LogP contribution in [0.1, 0.15) is 55.1 Å². The number of carbonyl (C=O) groups excluding carboxylic acids is 1. The van der Waals surface area contributed by atoms with Crippen molar-refractivity contribution in [1.29, 1.82) is 0 Å². The number of likely N-dealkylation sites (tertiary alicyclic amines) is 1. The molecule has 3 fully saturated rings. The molecule has 3 aliphatic rings. The standard InChI is InChI=1S/C17H21F3N2OS/c18-17(19,20)14-9-24-15(21-14)11-4-6-22(7-5-11)16(23)13-8-12(13)10-2-1-3-10/h9-13H,1-8H2/t12-,13+/m0/s1. The highest BCUT2D eigenvalue weighted by atomic mass is 32.1. The first-order chi connectivity index (χ1) is 11.4. The zero-order chi connectivity index (χ0) is 16.9. The van der Waals surface area contributed by atoms with Crippen LogP contribution in [0.5, 0.6) is 0 Å². The summed E-state index contributed by atoms with van der Waals surface area (Å²) in [5.41, 5.74) is -0.790. The van der Waals surface area contributed by atoms with Crippen LogP contribution in [0.4, 0.5) is 13.2 Å². The van der Waals surface area contributed by atoms with Crippen LogP contribution < -0.4 is 0 Å². The molecule has 1 saturated heterocycles. The van der Waals surface area contributed by atoms with E-state index >= 15 is 0 Å². The number of amides is 1. The van der Waals surface area contributed by atoms with Gasteiger partial charge in [0.05, 0.1) is 5.01 Å². The molecule has 0 N–H and O–H groups in total. The van der Waals surface area contributed by atoms with E-state index in [1.165, 1.54) is 19.3 Å². The molecule has 3 nitrogen and oxygen atoms in total. The van der Waals surface area contributed by atoms with Crippen LogP contribution in [0.15, 0.2) is 5.38 Å². The highest BCUT2D eigenvalue weighted by molar-refractivity contribution is 7.09. The van der Waals surface area contributed by atoms with E-state index in [0.29, 0.717) is 24.0 Å². The Kier molecular flexibility index (Phi) is 4.09. The van der Waals surface area contributed by atoms with Gasteiger partial charge in [0.2, 0.25) is 5.91 Å². The molecule has 0 spiro atoms. The third-order valence-corrected chi connectivity index (χ3v) is 6.89. The molecule has 1 amide bonds. The summed E-state index contributed by atoms with van der Waals surface area (Å²) >= 11 is 1.09. The zero-order valence-corrected chi connectivity index (χ0v) is 14.2. The van der Waals surface area contributed by atoms with Crippen LogP contribution in [0.3, 0.4) is 0 Å². The Bertz CT molecular complexity index is 618. The smallest absolute Gasteiger partial charge is 0.342 e. The molecule has 1 aromatic rings. The second kappa shape index (κ2) is 6.00. The minimum atomic E-state index is -4.37. The first-order valence-corrected chi connectivity index (χ1v) is 9.63. The normalized spacial score (nSPS) is 28.7. The Labute approximate surface area is 143 Å². The molecule has 132 valence electrons. The second-order valence-electron chi connectivity index (χ2n) is 7.37. The molecule has 2 aliphatic carbocycles. The van der Waals surface area contributed by atoms with Gasteiger partial charge in [0, 0.05) is 30.3 Å². The average molecular weight is 358 g/mol. The Morgan fingerprint density at radius 1 is 1.21 bits per heavy atom. The second-order valence-corrected chi connectivity index (χ2v) is 8.26. The monoisotopic (exact) mass is 358 g/mol. The summed E-state index contributed by atoms with van der Waals surface area (Å²) in [5, 5.41) is 1.66. The van der Waals surface area contributed by atoms with E-state index in [9.17, 15) is 18.0 Å². The number of hydrogen-bond acceptors (Lipinski definition) is 3. The Hall–Kier alpha value is -1.11. The molecule has 0 bridgehead atoms. The highest BCUT2D eigenvalue weighted by Gasteiger charge is 2.50. The van der Waals surface area contributed by atoms with Crippen LogP contribution in [0, 0.1) is 17.8 Å². The molecule has 4 rings (SSSR count). The van der Waals surface area contributed by atoms with Crippen molar-refractivity contribution in [1.82, 2.24) is 9.88 Å². The predicted octanol–water partition coefficient (Wildman–Crippen LogP) is 4.30. The van der Waals surface area contributed by atoms with Crippen molar-refractivity contribution in [3.63, 3.8) is 0 Å². The van der Waals surface area contributed by atoms with E-state index in [4.69, 9.17) is 0 Å². The number of aromatic nitrogens is 1. The van der Waals surface area contributed by atoms with Gasteiger partial charge in [0.15, 0.2) is 5.69 Å². The molecule has 1 aliphatic heterocycles. The molecule has 0 radical (unpaired) electrons. The largest absolute Gasteiger partial charge is 0.434 e.